The van der Waals surface area contributed by atoms with Gasteiger partial charge in [-0.3, -0.25) is 0 Å². The lowest BCUT2D eigenvalue weighted by Gasteiger charge is -2.05. The molecule has 4 aromatic carbocycles. The normalized spacial score (nSPS) is 11.9. The summed E-state index contributed by atoms with van der Waals surface area (Å²) in [5.41, 5.74) is 8.45. The van der Waals surface area contributed by atoms with E-state index in [0.717, 1.165) is 43.8 Å². The van der Waals surface area contributed by atoms with Crippen LogP contribution in [-0.2, 0) is 0 Å². The van der Waals surface area contributed by atoms with E-state index in [1.165, 1.54) is 7.53 Å². The maximum absolute atomic E-state index is 6.05. The zero-order chi connectivity index (χ0) is 46.9. The molecule has 0 amide bonds. The van der Waals surface area contributed by atoms with Crippen molar-refractivity contribution in [1.82, 2.24) is 39.9 Å². The van der Waals surface area contributed by atoms with E-state index in [-0.39, 0.29) is 0 Å². The van der Waals surface area contributed by atoms with Crippen molar-refractivity contribution < 1.29 is 0 Å². The Labute approximate surface area is 375 Å². The number of H-pyrrole nitrogens is 2. The van der Waals surface area contributed by atoms with Gasteiger partial charge in [-0.05, 0) is 23.0 Å². The Hall–Kier alpha value is -5.27. The molecular formula is C52H69BN8P. The number of hydrogen-bond acceptors (Lipinski definition) is 6. The molecular weight excluding hydrogens is 778 g/mol. The highest BCUT2D eigenvalue weighted by atomic mass is 31.0. The van der Waals surface area contributed by atoms with Crippen molar-refractivity contribution in [3.8, 4) is 45.6 Å². The molecule has 8 nitrogen and oxygen atoms in total. The summed E-state index contributed by atoms with van der Waals surface area (Å²) in [7, 11) is 3.29. The van der Waals surface area contributed by atoms with Gasteiger partial charge in [0.15, 0.2) is 23.3 Å². The van der Waals surface area contributed by atoms with E-state index < -0.39 is 0 Å². The summed E-state index contributed by atoms with van der Waals surface area (Å²) in [6.07, 6.45) is 0. The Kier molecular flexibility index (Phi) is 15.6. The SMILES string of the molecule is CC(C)(C)C.CC(C)(C)C.CC(C)(C)C.CC(C)(C)C.[3H][B]P.c1ccc2c(c1)-c1nc-2nc2[nH]c(nc3nc(nc4[nH]c(n1)c1ccccc41)-c1ccccc1-3)c1ccccc21. The van der Waals surface area contributed by atoms with E-state index in [2.05, 4.69) is 130 Å². The van der Waals surface area contributed by atoms with Crippen molar-refractivity contribution in [1.29, 1.82) is 1.34 Å². The van der Waals surface area contributed by atoms with Crippen LogP contribution in [0.5, 0.6) is 0 Å². The summed E-state index contributed by atoms with van der Waals surface area (Å²) >= 11 is 0. The molecule has 2 aliphatic rings. The first-order valence-corrected chi connectivity index (χ1v) is 22.0. The number of rotatable bonds is 0. The highest BCUT2D eigenvalue weighted by Crippen LogP contribution is 2.36. The van der Waals surface area contributed by atoms with Crippen LogP contribution in [0.2, 0.25) is 0 Å². The fourth-order valence-corrected chi connectivity index (χ4v) is 5.59. The topological polar surface area (TPSA) is 109 Å². The minimum absolute atomic E-state index is 0.500. The van der Waals surface area contributed by atoms with Crippen molar-refractivity contribution in [3.05, 3.63) is 97.1 Å². The second-order valence-electron chi connectivity index (χ2n) is 21.8. The quantitative estimate of drug-likeness (QED) is 0.116. The number of nitrogens with one attached hydrogen (secondary N) is 2. The molecule has 8 bridgehead atoms. The molecule has 2 aliphatic heterocycles. The first-order chi connectivity index (χ1) is 29.2. The van der Waals surface area contributed by atoms with Gasteiger partial charge >= 0.3 is 0 Å². The van der Waals surface area contributed by atoms with Crippen molar-refractivity contribution in [3.63, 3.8) is 0 Å². The molecule has 10 heteroatoms. The molecule has 1 radical (unpaired) electrons. The Morgan fingerprint density at radius 1 is 0.355 bits per heavy atom. The van der Waals surface area contributed by atoms with Crippen LogP contribution in [0.4, 0.5) is 0 Å². The van der Waals surface area contributed by atoms with Gasteiger partial charge in [0.2, 0.25) is 0 Å². The fraction of sp³-hybridized carbons (Fsp3) is 0.385. The Morgan fingerprint density at radius 3 is 0.694 bits per heavy atom. The number of hydrogen-bond donors (Lipinski definition) is 2. The third-order valence-corrected chi connectivity index (χ3v) is 7.46. The summed E-state index contributed by atoms with van der Waals surface area (Å²) in [6.45, 7) is 35.0. The van der Waals surface area contributed by atoms with Gasteiger partial charge < -0.3 is 9.97 Å². The van der Waals surface area contributed by atoms with Crippen LogP contribution in [0.3, 0.4) is 0 Å². The predicted octanol–water partition coefficient (Wildman–Crippen LogP) is 14.8. The van der Waals surface area contributed by atoms with Gasteiger partial charge in [0.25, 0.3) is 0 Å². The van der Waals surface area contributed by atoms with E-state index >= 15 is 0 Å². The first-order valence-electron chi connectivity index (χ1n) is 21.9. The van der Waals surface area contributed by atoms with Crippen LogP contribution in [0.1, 0.15) is 111 Å². The largest absolute Gasteiger partial charge is 0.324 e. The average Bonchev–Trinajstić information content (AvgIpc) is 3.88. The van der Waals surface area contributed by atoms with Crippen molar-refractivity contribution in [2.24, 2.45) is 21.7 Å². The van der Waals surface area contributed by atoms with Crippen LogP contribution in [0.15, 0.2) is 97.1 Å². The maximum atomic E-state index is 6.05. The number of benzene rings is 4. The molecule has 0 saturated carbocycles. The summed E-state index contributed by atoms with van der Waals surface area (Å²) in [5, 5.41) is 3.82. The van der Waals surface area contributed by atoms with E-state index in [4.69, 9.17) is 31.2 Å². The predicted molar refractivity (Wildman–Crippen MR) is 273 cm³/mol. The van der Waals surface area contributed by atoms with Gasteiger partial charge in [0, 0.05) is 43.8 Å². The number of aromatic nitrogens is 8. The Balaban J connectivity index is 0.000000316. The molecule has 3 aromatic heterocycles. The third kappa shape index (κ3) is 15.0. The molecule has 1 atom stereocenters. The lowest BCUT2D eigenvalue weighted by Crippen LogP contribution is -1.93. The molecule has 0 spiro atoms. The van der Waals surface area contributed by atoms with Gasteiger partial charge in [-0.15, -0.1) is 0 Å². The molecule has 0 saturated heterocycles. The summed E-state index contributed by atoms with van der Waals surface area (Å²) in [4.78, 5) is 36.8. The molecule has 9 rings (SSSR count). The van der Waals surface area contributed by atoms with Crippen molar-refractivity contribution in [2.45, 2.75) is 111 Å². The molecule has 5 heterocycles. The first kappa shape index (κ1) is 47.8. The highest BCUT2D eigenvalue weighted by molar-refractivity contribution is 7.49. The molecule has 325 valence electrons. The van der Waals surface area contributed by atoms with E-state index in [0.29, 0.717) is 67.5 Å². The lowest BCUT2D eigenvalue weighted by atomic mass is 10.0. The van der Waals surface area contributed by atoms with Gasteiger partial charge in [0.05, 0.1) is 0 Å². The van der Waals surface area contributed by atoms with E-state index in [1.807, 2.05) is 97.1 Å². The number of fused-ring (bicyclic) bond motifs is 20. The Morgan fingerprint density at radius 2 is 0.516 bits per heavy atom. The minimum atomic E-state index is 0.500. The van der Waals surface area contributed by atoms with E-state index in [1.54, 1.807) is 0 Å². The smallest absolute Gasteiger partial charge is 0.164 e. The second-order valence-corrected chi connectivity index (χ2v) is 21.8. The van der Waals surface area contributed by atoms with Crippen LogP contribution in [0.25, 0.3) is 89.7 Å². The Bertz CT molecular complexity index is 2390. The zero-order valence-corrected chi connectivity index (χ0v) is 41.2. The summed E-state index contributed by atoms with van der Waals surface area (Å²) in [6, 6.07) is 32.2. The van der Waals surface area contributed by atoms with Crippen LogP contribution < -0.4 is 0 Å². The van der Waals surface area contributed by atoms with Crippen molar-refractivity contribution >= 4 is 60.8 Å². The number of aromatic amines is 2. The summed E-state index contributed by atoms with van der Waals surface area (Å²) in [5.74, 6) is 2.39. The molecule has 0 fully saturated rings. The molecule has 7 aromatic rings. The second kappa shape index (κ2) is 20.3. The van der Waals surface area contributed by atoms with Crippen molar-refractivity contribution in [2.75, 3.05) is 0 Å². The standard InChI is InChI=1S/C32H18N8.4C5H12.BH3P/c1-2-10-18-17(9-1)25-33-26(18)38-28-21-13-5-6-14-22(21)30(35-28)40-32-24-16-8-7-15-23(24)31(36-32)39-29-20-12-4-3-11-19(20)27(34-29)37-25;4*1-5(2,3)4;1-2/h1-16H,(H2,33,34,35,36,37,38,39,40);4*1-4H3;1H,2H2/i;;;;;1T. The van der Waals surface area contributed by atoms with Gasteiger partial charge in [-0.2, -0.15) is 9.12 Å². The van der Waals surface area contributed by atoms with Gasteiger partial charge in [0.1, 0.15) is 30.1 Å². The summed E-state index contributed by atoms with van der Waals surface area (Å²) < 4.78 is 6.05. The van der Waals surface area contributed by atoms with E-state index in [9.17, 15) is 0 Å². The zero-order valence-electron chi connectivity index (χ0n) is 41.1. The maximum Gasteiger partial charge on any atom is 0.164 e. The molecule has 2 N–H and O–H groups in total. The van der Waals surface area contributed by atoms with Gasteiger partial charge in [-0.25, -0.2) is 29.9 Å². The van der Waals surface area contributed by atoms with Crippen LogP contribution >= 0.6 is 9.12 Å². The third-order valence-electron chi connectivity index (χ3n) is 7.46. The monoisotopic (exact) mass is 850 g/mol. The van der Waals surface area contributed by atoms with Crippen LogP contribution in [0, 0.1) is 21.7 Å². The number of nitrogens with zero attached hydrogens (tertiary/aromatic N) is 6. The lowest BCUT2D eigenvalue weighted by molar-refractivity contribution is 0.469. The molecule has 1 unspecified atom stereocenters. The fourth-order valence-electron chi connectivity index (χ4n) is 5.59. The van der Waals surface area contributed by atoms with Crippen LogP contribution in [-0.4, -0.2) is 48.7 Å². The molecule has 62 heavy (non-hydrogen) atoms. The van der Waals surface area contributed by atoms with Gasteiger partial charge in [-0.1, -0.05) is 208 Å². The highest BCUT2D eigenvalue weighted by Gasteiger charge is 2.21. The minimum Gasteiger partial charge on any atom is -0.324 e. The molecule has 0 aliphatic carbocycles. The average molecular weight is 850 g/mol.